The second-order valence-corrected chi connectivity index (χ2v) is 7.99. The number of alkyl halides is 3. The number of anilines is 1. The van der Waals surface area contributed by atoms with Crippen molar-refractivity contribution < 1.29 is 18.0 Å². The van der Waals surface area contributed by atoms with Gasteiger partial charge >= 0.3 is 6.18 Å². The molecule has 0 saturated carbocycles. The highest BCUT2D eigenvalue weighted by molar-refractivity contribution is 7.16. The van der Waals surface area contributed by atoms with Crippen molar-refractivity contribution in [3.8, 4) is 11.3 Å². The minimum absolute atomic E-state index is 0.160. The summed E-state index contributed by atoms with van der Waals surface area (Å²) in [5, 5.41) is 11.4. The maximum atomic E-state index is 12.7. The highest BCUT2D eigenvalue weighted by Gasteiger charge is 2.27. The van der Waals surface area contributed by atoms with E-state index in [0.29, 0.717) is 24.1 Å². The van der Waals surface area contributed by atoms with Gasteiger partial charge < -0.3 is 21.3 Å². The Morgan fingerprint density at radius 1 is 1.06 bits per heavy atom. The molecule has 1 aromatic heterocycles. The van der Waals surface area contributed by atoms with Gasteiger partial charge in [-0.05, 0) is 23.4 Å². The van der Waals surface area contributed by atoms with Gasteiger partial charge in [0.05, 0.1) is 18.2 Å². The Bertz CT molecular complexity index is 1060. The summed E-state index contributed by atoms with van der Waals surface area (Å²) in [5.74, 6) is 0.636. The van der Waals surface area contributed by atoms with Gasteiger partial charge in [-0.3, -0.25) is 0 Å². The normalized spacial score (nSPS) is 11.8. The first-order chi connectivity index (χ1) is 16.3. The highest BCUT2D eigenvalue weighted by atomic mass is 31.0. The third-order valence-electron chi connectivity index (χ3n) is 5.03. The molecule has 180 valence electrons. The van der Waals surface area contributed by atoms with E-state index in [0.717, 1.165) is 22.4 Å². The summed E-state index contributed by atoms with van der Waals surface area (Å²) in [4.78, 5) is 12.8. The van der Waals surface area contributed by atoms with Crippen LogP contribution in [0.3, 0.4) is 0 Å². The van der Waals surface area contributed by atoms with Crippen molar-refractivity contribution in [2.75, 3.05) is 18.0 Å². The number of aromatic nitrogens is 1. The Labute approximate surface area is 199 Å². The molecule has 2 atom stereocenters. The SMILES string of the molecule is C=O.N=C(CN)Cc1ccc(-c2ccccc2)nc1NC(CP)c1ccc(CC(F)(F)F)cc1. The van der Waals surface area contributed by atoms with Crippen LogP contribution in [0.4, 0.5) is 19.0 Å². The van der Waals surface area contributed by atoms with Crippen LogP contribution in [0, 0.1) is 5.41 Å². The van der Waals surface area contributed by atoms with Crippen LogP contribution in [0.15, 0.2) is 66.7 Å². The molecule has 3 rings (SSSR count). The van der Waals surface area contributed by atoms with E-state index >= 15 is 0 Å². The maximum absolute atomic E-state index is 12.7. The number of nitrogens with one attached hydrogen (secondary N) is 2. The molecule has 34 heavy (non-hydrogen) atoms. The Balaban J connectivity index is 0.00000199. The van der Waals surface area contributed by atoms with Crippen LogP contribution in [0.5, 0.6) is 0 Å². The summed E-state index contributed by atoms with van der Waals surface area (Å²) in [6.45, 7) is 2.16. The van der Waals surface area contributed by atoms with Crippen molar-refractivity contribution in [1.82, 2.24) is 4.98 Å². The average molecular weight is 488 g/mol. The van der Waals surface area contributed by atoms with Gasteiger partial charge in [-0.2, -0.15) is 13.2 Å². The zero-order valence-electron chi connectivity index (χ0n) is 18.6. The number of benzene rings is 2. The lowest BCUT2D eigenvalue weighted by molar-refractivity contribution is -0.127. The van der Waals surface area contributed by atoms with E-state index in [2.05, 4.69) is 14.6 Å². The van der Waals surface area contributed by atoms with Crippen LogP contribution in [0.2, 0.25) is 0 Å². The summed E-state index contributed by atoms with van der Waals surface area (Å²) in [6, 6.07) is 19.9. The Morgan fingerprint density at radius 3 is 2.26 bits per heavy atom. The number of nitrogens with zero attached hydrogens (tertiary/aromatic N) is 1. The Hall–Kier alpha value is -3.09. The van der Waals surface area contributed by atoms with Gasteiger partial charge in [-0.15, -0.1) is 9.24 Å². The van der Waals surface area contributed by atoms with Crippen molar-refractivity contribution in [3.63, 3.8) is 0 Å². The molecule has 0 aliphatic rings. The van der Waals surface area contributed by atoms with Gasteiger partial charge in [0.1, 0.15) is 12.6 Å². The fourth-order valence-electron chi connectivity index (χ4n) is 3.37. The number of hydrogen-bond acceptors (Lipinski definition) is 5. The minimum atomic E-state index is -4.23. The summed E-state index contributed by atoms with van der Waals surface area (Å²) in [7, 11) is 2.67. The molecule has 2 unspecified atom stereocenters. The number of pyridine rings is 1. The number of rotatable bonds is 9. The van der Waals surface area contributed by atoms with Crippen molar-refractivity contribution in [2.45, 2.75) is 25.1 Å². The number of carbonyl (C=O) groups is 1. The first-order valence-electron chi connectivity index (χ1n) is 10.5. The predicted octanol–water partition coefficient (Wildman–Crippen LogP) is 5.22. The number of hydrogen-bond donors (Lipinski definition) is 3. The lowest BCUT2D eigenvalue weighted by Gasteiger charge is -2.21. The predicted molar refractivity (Wildman–Crippen MR) is 134 cm³/mol. The van der Waals surface area contributed by atoms with Gasteiger partial charge in [-0.1, -0.05) is 60.7 Å². The fourth-order valence-corrected chi connectivity index (χ4v) is 3.76. The molecular weight excluding hydrogens is 460 g/mol. The van der Waals surface area contributed by atoms with E-state index in [-0.39, 0.29) is 18.2 Å². The maximum Gasteiger partial charge on any atom is 0.393 e. The van der Waals surface area contributed by atoms with E-state index in [4.69, 9.17) is 20.9 Å². The van der Waals surface area contributed by atoms with Crippen LogP contribution in [-0.4, -0.2) is 36.4 Å². The molecule has 0 bridgehead atoms. The van der Waals surface area contributed by atoms with Crippen LogP contribution < -0.4 is 11.1 Å². The summed E-state index contributed by atoms with van der Waals surface area (Å²) < 4.78 is 38.0. The summed E-state index contributed by atoms with van der Waals surface area (Å²) in [6.07, 6.45) is -4.18. The fraction of sp³-hybridized carbons (Fsp3) is 0.240. The van der Waals surface area contributed by atoms with Gasteiger partial charge in [-0.25, -0.2) is 4.98 Å². The van der Waals surface area contributed by atoms with E-state index in [1.807, 2.05) is 49.3 Å². The first-order valence-corrected chi connectivity index (χ1v) is 11.3. The monoisotopic (exact) mass is 488 g/mol. The van der Waals surface area contributed by atoms with E-state index < -0.39 is 12.6 Å². The minimum Gasteiger partial charge on any atom is -0.363 e. The molecule has 0 saturated heterocycles. The summed E-state index contributed by atoms with van der Waals surface area (Å²) in [5.41, 5.74) is 9.70. The van der Waals surface area contributed by atoms with Crippen LogP contribution in [0.25, 0.3) is 11.3 Å². The topological polar surface area (TPSA) is 91.9 Å². The second-order valence-electron chi connectivity index (χ2n) is 7.52. The third kappa shape index (κ3) is 8.04. The molecule has 0 aliphatic carbocycles. The largest absolute Gasteiger partial charge is 0.393 e. The van der Waals surface area contributed by atoms with Crippen LogP contribution in [-0.2, 0) is 17.6 Å². The highest BCUT2D eigenvalue weighted by Crippen LogP contribution is 2.28. The quantitative estimate of drug-likeness (QED) is 0.285. The van der Waals surface area contributed by atoms with Gasteiger partial charge in [0.2, 0.25) is 0 Å². The standard InChI is InChI=1S/C24H26F3N4P.CH2O/c25-24(26,27)13-16-6-8-18(9-7-16)22(15-32)31-23-19(12-20(29)14-28)10-11-21(30-23)17-4-2-1-3-5-17;1-2/h1-11,22,29H,12-15,28,32H2,(H,30,31);1H2. The smallest absolute Gasteiger partial charge is 0.363 e. The second kappa shape index (κ2) is 13.0. The van der Waals surface area contributed by atoms with Crippen molar-refractivity contribution in [2.24, 2.45) is 5.73 Å². The van der Waals surface area contributed by atoms with Crippen LogP contribution >= 0.6 is 9.24 Å². The number of nitrogens with two attached hydrogens (primary N) is 1. The molecule has 0 amide bonds. The van der Waals surface area contributed by atoms with Crippen molar-refractivity contribution in [1.29, 1.82) is 5.41 Å². The lowest BCUT2D eigenvalue weighted by atomic mass is 10.0. The Kier molecular flexibility index (Phi) is 10.4. The van der Waals surface area contributed by atoms with E-state index in [1.165, 1.54) is 12.1 Å². The number of halogens is 3. The molecule has 0 radical (unpaired) electrons. The zero-order chi connectivity index (χ0) is 25.1. The molecular formula is C25H28F3N4OP. The molecule has 3 aromatic rings. The molecule has 4 N–H and O–H groups in total. The lowest BCUT2D eigenvalue weighted by Crippen LogP contribution is -2.19. The van der Waals surface area contributed by atoms with Crippen molar-refractivity contribution >= 4 is 27.6 Å². The van der Waals surface area contributed by atoms with Crippen molar-refractivity contribution in [3.05, 3.63) is 83.4 Å². The zero-order valence-corrected chi connectivity index (χ0v) is 19.8. The van der Waals surface area contributed by atoms with E-state index in [1.54, 1.807) is 12.1 Å². The summed E-state index contributed by atoms with van der Waals surface area (Å²) >= 11 is 0. The van der Waals surface area contributed by atoms with E-state index in [9.17, 15) is 13.2 Å². The average Bonchev–Trinajstić information content (AvgIpc) is 2.84. The van der Waals surface area contributed by atoms with Gasteiger partial charge in [0.25, 0.3) is 0 Å². The molecule has 0 aliphatic heterocycles. The van der Waals surface area contributed by atoms with Gasteiger partial charge in [0.15, 0.2) is 0 Å². The molecule has 1 heterocycles. The number of carbonyl (C=O) groups excluding carboxylic acids is 1. The molecule has 5 nitrogen and oxygen atoms in total. The first kappa shape index (κ1) is 27.2. The molecule has 0 spiro atoms. The Morgan fingerprint density at radius 2 is 1.71 bits per heavy atom. The molecule has 2 aromatic carbocycles. The van der Waals surface area contributed by atoms with Gasteiger partial charge in [0, 0.05) is 29.8 Å². The molecule has 9 heteroatoms. The molecule has 0 fully saturated rings. The van der Waals surface area contributed by atoms with Crippen LogP contribution in [0.1, 0.15) is 22.7 Å². The third-order valence-corrected chi connectivity index (χ3v) is 5.50.